The van der Waals surface area contributed by atoms with E-state index in [4.69, 9.17) is 4.74 Å². The zero-order chi connectivity index (χ0) is 13.2. The minimum Gasteiger partial charge on any atom is -0.458 e. The topological polar surface area (TPSA) is 43.3 Å². The summed E-state index contributed by atoms with van der Waals surface area (Å²) in [7, 11) is 0. The molecular formula is C13H22N2O2. The van der Waals surface area contributed by atoms with E-state index in [1.807, 2.05) is 51.4 Å². The lowest BCUT2D eigenvalue weighted by atomic mass is 10.2. The van der Waals surface area contributed by atoms with Crippen LogP contribution in [0.5, 0.6) is 0 Å². The van der Waals surface area contributed by atoms with Crippen molar-refractivity contribution in [1.29, 1.82) is 0 Å². The smallest absolute Gasteiger partial charge is 0.330 e. The van der Waals surface area contributed by atoms with E-state index in [1.54, 1.807) is 6.92 Å². The molecule has 4 heteroatoms. The van der Waals surface area contributed by atoms with Gasteiger partial charge in [0.25, 0.3) is 0 Å². The van der Waals surface area contributed by atoms with Crippen LogP contribution in [0.4, 0.5) is 0 Å². The molecule has 0 spiro atoms. The fourth-order valence-electron chi connectivity index (χ4n) is 1.51. The molecule has 1 aromatic heterocycles. The summed E-state index contributed by atoms with van der Waals surface area (Å²) < 4.78 is 7.21. The zero-order valence-electron chi connectivity index (χ0n) is 11.5. The first-order valence-corrected chi connectivity index (χ1v) is 5.85. The highest BCUT2D eigenvalue weighted by molar-refractivity contribution is 5.77. The number of nitrogens with zero attached hydrogens (tertiary/aromatic N) is 1. The average Bonchev–Trinajstić information content (AvgIpc) is 2.46. The highest BCUT2D eigenvalue weighted by Gasteiger charge is 2.22. The molecule has 0 aliphatic rings. The highest BCUT2D eigenvalue weighted by atomic mass is 16.6. The Bertz CT molecular complexity index is 383. The first-order valence-electron chi connectivity index (χ1n) is 5.85. The van der Waals surface area contributed by atoms with Gasteiger partial charge in [0.15, 0.2) is 0 Å². The molecular weight excluding hydrogens is 216 g/mol. The minimum absolute atomic E-state index is 0.245. The second-order valence-corrected chi connectivity index (χ2v) is 5.34. The van der Waals surface area contributed by atoms with E-state index in [9.17, 15) is 4.79 Å². The first-order chi connectivity index (χ1) is 7.70. The fraction of sp³-hybridized carbons (Fsp3) is 0.615. The Morgan fingerprint density at radius 1 is 1.29 bits per heavy atom. The van der Waals surface area contributed by atoms with Crippen molar-refractivity contribution in [2.45, 2.75) is 53.2 Å². The summed E-state index contributed by atoms with van der Waals surface area (Å²) in [6.45, 7) is 11.4. The van der Waals surface area contributed by atoms with Crippen LogP contribution in [-0.4, -0.2) is 22.3 Å². The third-order valence-electron chi connectivity index (χ3n) is 2.35. The van der Waals surface area contributed by atoms with E-state index in [0.717, 1.165) is 11.4 Å². The van der Waals surface area contributed by atoms with Crippen molar-refractivity contribution in [1.82, 2.24) is 4.68 Å². The van der Waals surface area contributed by atoms with Crippen molar-refractivity contribution in [3.8, 4) is 0 Å². The lowest BCUT2D eigenvalue weighted by Gasteiger charge is -2.24. The van der Waals surface area contributed by atoms with E-state index < -0.39 is 5.60 Å². The molecule has 1 rings (SSSR count). The number of carbonyl (C=O) groups excluding carboxylic acids is 1. The van der Waals surface area contributed by atoms with Crippen LogP contribution in [0.15, 0.2) is 12.1 Å². The Kier molecular flexibility index (Phi) is 3.86. The fourth-order valence-corrected chi connectivity index (χ4v) is 1.51. The molecule has 0 aliphatic heterocycles. The molecule has 0 aromatic carbocycles. The Balaban J connectivity index is 2.67. The van der Waals surface area contributed by atoms with Crippen LogP contribution in [0, 0.1) is 13.8 Å². The monoisotopic (exact) mass is 238 g/mol. The summed E-state index contributed by atoms with van der Waals surface area (Å²) in [6, 6.07) is 3.63. The summed E-state index contributed by atoms with van der Waals surface area (Å²) in [4.78, 5) is 11.8. The van der Waals surface area contributed by atoms with Gasteiger partial charge in [-0.15, -0.1) is 0 Å². The lowest BCUT2D eigenvalue weighted by molar-refractivity contribution is -0.155. The molecule has 1 aromatic rings. The van der Waals surface area contributed by atoms with Gasteiger partial charge in [0.2, 0.25) is 0 Å². The van der Waals surface area contributed by atoms with Crippen molar-refractivity contribution in [2.24, 2.45) is 0 Å². The maximum atomic E-state index is 11.8. The van der Waals surface area contributed by atoms with Gasteiger partial charge in [0.05, 0.1) is 0 Å². The summed E-state index contributed by atoms with van der Waals surface area (Å²) >= 11 is 0. The SMILES string of the molecule is Cc1ccc(C)n1NC(C)C(=O)OC(C)(C)C. The van der Waals surface area contributed by atoms with E-state index in [-0.39, 0.29) is 12.0 Å². The van der Waals surface area contributed by atoms with E-state index in [2.05, 4.69) is 5.43 Å². The Hall–Kier alpha value is -1.45. The average molecular weight is 238 g/mol. The highest BCUT2D eigenvalue weighted by Crippen LogP contribution is 2.10. The lowest BCUT2D eigenvalue weighted by Crippen LogP contribution is -2.38. The number of hydrogen-bond donors (Lipinski definition) is 1. The number of hydrogen-bond acceptors (Lipinski definition) is 3. The summed E-state index contributed by atoms with van der Waals surface area (Å²) in [6.07, 6.45) is 0. The maximum Gasteiger partial charge on any atom is 0.330 e. The summed E-state index contributed by atoms with van der Waals surface area (Å²) in [5, 5.41) is 0. The normalized spacial score (nSPS) is 13.3. The molecule has 0 fully saturated rings. The molecule has 0 saturated carbocycles. The third kappa shape index (κ3) is 3.80. The van der Waals surface area contributed by atoms with Crippen molar-refractivity contribution >= 4 is 5.97 Å². The second kappa shape index (κ2) is 4.82. The minimum atomic E-state index is -0.451. The molecule has 0 bridgehead atoms. The molecule has 0 saturated heterocycles. The van der Waals surface area contributed by atoms with E-state index in [0.29, 0.717) is 0 Å². The van der Waals surface area contributed by atoms with Gasteiger partial charge in [0, 0.05) is 11.4 Å². The predicted octanol–water partition coefficient (Wildman–Crippen LogP) is 2.38. The van der Waals surface area contributed by atoms with Gasteiger partial charge in [-0.25, -0.2) is 4.79 Å². The van der Waals surface area contributed by atoms with Crippen LogP contribution in [0.1, 0.15) is 39.1 Å². The Labute approximate surface area is 103 Å². The molecule has 1 unspecified atom stereocenters. The summed E-state index contributed by atoms with van der Waals surface area (Å²) in [5.41, 5.74) is 4.81. The second-order valence-electron chi connectivity index (χ2n) is 5.34. The number of ether oxygens (including phenoxy) is 1. The maximum absolute atomic E-state index is 11.8. The molecule has 0 radical (unpaired) electrons. The predicted molar refractivity (Wildman–Crippen MR) is 68.6 cm³/mol. The first kappa shape index (κ1) is 13.6. The molecule has 0 aliphatic carbocycles. The largest absolute Gasteiger partial charge is 0.458 e. The molecule has 1 N–H and O–H groups in total. The molecule has 17 heavy (non-hydrogen) atoms. The number of carbonyl (C=O) groups is 1. The third-order valence-corrected chi connectivity index (χ3v) is 2.35. The van der Waals surface area contributed by atoms with Crippen LogP contribution in [0.25, 0.3) is 0 Å². The van der Waals surface area contributed by atoms with Crippen molar-refractivity contribution < 1.29 is 9.53 Å². The van der Waals surface area contributed by atoms with Gasteiger partial charge in [-0.05, 0) is 53.7 Å². The van der Waals surface area contributed by atoms with Crippen molar-refractivity contribution in [2.75, 3.05) is 5.43 Å². The number of nitrogens with one attached hydrogen (secondary N) is 1. The van der Waals surface area contributed by atoms with Gasteiger partial charge >= 0.3 is 5.97 Å². The standard InChI is InChI=1S/C13H22N2O2/c1-9-7-8-10(2)15(9)14-11(3)12(16)17-13(4,5)6/h7-8,11,14H,1-6H3. The van der Waals surface area contributed by atoms with Crippen molar-refractivity contribution in [3.05, 3.63) is 23.5 Å². The van der Waals surface area contributed by atoms with Crippen LogP contribution in [0.2, 0.25) is 0 Å². The molecule has 0 amide bonds. The van der Waals surface area contributed by atoms with Crippen molar-refractivity contribution in [3.63, 3.8) is 0 Å². The van der Waals surface area contributed by atoms with Gasteiger partial charge < -0.3 is 10.2 Å². The number of aromatic nitrogens is 1. The van der Waals surface area contributed by atoms with Crippen LogP contribution in [0.3, 0.4) is 0 Å². The van der Waals surface area contributed by atoms with Crippen LogP contribution in [-0.2, 0) is 9.53 Å². The Morgan fingerprint density at radius 2 is 1.76 bits per heavy atom. The summed E-state index contributed by atoms with van der Waals surface area (Å²) in [5.74, 6) is -0.245. The Morgan fingerprint density at radius 3 is 2.18 bits per heavy atom. The van der Waals surface area contributed by atoms with Gasteiger partial charge in [-0.3, -0.25) is 4.68 Å². The van der Waals surface area contributed by atoms with Gasteiger partial charge in [-0.1, -0.05) is 0 Å². The number of esters is 1. The van der Waals surface area contributed by atoms with Crippen LogP contribution >= 0.6 is 0 Å². The molecule has 1 atom stereocenters. The zero-order valence-corrected chi connectivity index (χ0v) is 11.5. The molecule has 1 heterocycles. The van der Waals surface area contributed by atoms with E-state index >= 15 is 0 Å². The molecule has 96 valence electrons. The van der Waals surface area contributed by atoms with E-state index in [1.165, 1.54) is 0 Å². The molecule has 4 nitrogen and oxygen atoms in total. The number of rotatable bonds is 3. The van der Waals surface area contributed by atoms with Gasteiger partial charge in [-0.2, -0.15) is 0 Å². The quantitative estimate of drug-likeness (QED) is 0.822. The number of aryl methyl sites for hydroxylation is 2. The van der Waals surface area contributed by atoms with Crippen LogP contribution < -0.4 is 5.43 Å². The van der Waals surface area contributed by atoms with Gasteiger partial charge in [0.1, 0.15) is 11.6 Å².